The minimum atomic E-state index is -2.44. The van der Waals surface area contributed by atoms with Gasteiger partial charge in [0.05, 0.1) is 13.2 Å². The van der Waals surface area contributed by atoms with Crippen molar-refractivity contribution in [2.45, 2.75) is 181 Å². The summed E-state index contributed by atoms with van der Waals surface area (Å²) in [4.78, 5) is 0. The summed E-state index contributed by atoms with van der Waals surface area (Å²) in [5.41, 5.74) is 1.21. The van der Waals surface area contributed by atoms with Gasteiger partial charge in [0.15, 0.2) is 0 Å². The van der Waals surface area contributed by atoms with Crippen molar-refractivity contribution < 1.29 is 18.3 Å². The zero-order chi connectivity index (χ0) is 49.8. The van der Waals surface area contributed by atoms with Crippen molar-refractivity contribution in [1.82, 2.24) is 5.32 Å². The Morgan fingerprint density at radius 1 is 0.371 bits per heavy atom. The molecule has 0 fully saturated rings. The Morgan fingerprint density at radius 2 is 0.686 bits per heavy atom. The Bertz CT molecular complexity index is 2020. The van der Waals surface area contributed by atoms with Gasteiger partial charge in [-0.05, 0) is 69.1 Å². The van der Waals surface area contributed by atoms with Crippen molar-refractivity contribution in [3.8, 4) is 11.5 Å². The van der Waals surface area contributed by atoms with Gasteiger partial charge < -0.3 is 23.6 Å². The highest BCUT2D eigenvalue weighted by atomic mass is 28.4. The molecular weight excluding hydrogens is 891 g/mol. The van der Waals surface area contributed by atoms with Gasteiger partial charge in [-0.15, -0.1) is 0 Å². The van der Waals surface area contributed by atoms with Crippen LogP contribution in [0.3, 0.4) is 0 Å². The maximum Gasteiger partial charge on any atom is 0.261 e. The third-order valence-electron chi connectivity index (χ3n) is 14.2. The van der Waals surface area contributed by atoms with E-state index in [0.29, 0.717) is 0 Å². The number of nitrogens with one attached hydrogen (secondary N) is 1. The van der Waals surface area contributed by atoms with Crippen LogP contribution >= 0.6 is 0 Å². The summed E-state index contributed by atoms with van der Waals surface area (Å²) in [6.45, 7) is 21.2. The molecule has 0 amide bonds. The molecule has 0 atom stereocenters. The second-order valence-electron chi connectivity index (χ2n) is 21.6. The predicted octanol–water partition coefficient (Wildman–Crippen LogP) is 14.7. The van der Waals surface area contributed by atoms with E-state index in [1.165, 1.54) is 116 Å². The van der Waals surface area contributed by atoms with E-state index in [1.807, 2.05) is 0 Å². The van der Waals surface area contributed by atoms with Gasteiger partial charge in [-0.3, -0.25) is 0 Å². The van der Waals surface area contributed by atoms with Gasteiger partial charge in [-0.1, -0.05) is 266 Å². The number of benzene rings is 5. The van der Waals surface area contributed by atoms with E-state index >= 15 is 0 Å². The molecule has 0 aliphatic carbocycles. The van der Waals surface area contributed by atoms with Crippen LogP contribution in [0.2, 0.25) is 10.1 Å². The molecule has 0 heterocycles. The molecule has 1 N–H and O–H groups in total. The molecule has 0 bridgehead atoms. The van der Waals surface area contributed by atoms with E-state index in [0.717, 1.165) is 76.7 Å². The molecule has 382 valence electrons. The second-order valence-corrected chi connectivity index (χ2v) is 30.2. The summed E-state index contributed by atoms with van der Waals surface area (Å²) in [6, 6.07) is 50.5. The third kappa shape index (κ3) is 17.4. The van der Waals surface area contributed by atoms with Gasteiger partial charge in [0.2, 0.25) is 0 Å². The SMILES string of the molecule is CCNCc1ccc(OCCCCCCCCCCCO[Si](c2ccccc2)(c2ccccc2)C(C)(C)C)cc1OCCCCCCCCCCCO[Si](c1ccccc1)(c1ccccc1)C(C)(C)C. The van der Waals surface area contributed by atoms with Crippen LogP contribution in [-0.4, -0.2) is 49.6 Å². The molecular formula is C63H93NO4Si2. The molecule has 5 aromatic rings. The highest BCUT2D eigenvalue weighted by Gasteiger charge is 2.51. The lowest BCUT2D eigenvalue weighted by Crippen LogP contribution is -2.66. The molecule has 0 aliphatic rings. The van der Waals surface area contributed by atoms with Gasteiger partial charge in [-0.2, -0.15) is 0 Å². The fraction of sp³-hybridized carbons (Fsp3) is 0.524. The fourth-order valence-electron chi connectivity index (χ4n) is 10.4. The first-order chi connectivity index (χ1) is 34.0. The van der Waals surface area contributed by atoms with Crippen LogP contribution < -0.4 is 35.5 Å². The zero-order valence-electron chi connectivity index (χ0n) is 44.9. The largest absolute Gasteiger partial charge is 0.493 e. The summed E-state index contributed by atoms with van der Waals surface area (Å²) in [7, 11) is -4.87. The molecule has 70 heavy (non-hydrogen) atoms. The van der Waals surface area contributed by atoms with E-state index < -0.39 is 16.6 Å². The Kier molecular flexibility index (Phi) is 25.0. The molecule has 0 aromatic heterocycles. The van der Waals surface area contributed by atoms with Gasteiger partial charge in [0.25, 0.3) is 16.6 Å². The minimum absolute atomic E-state index is 0.0314. The van der Waals surface area contributed by atoms with E-state index in [2.05, 4.69) is 193 Å². The topological polar surface area (TPSA) is 49.0 Å². The van der Waals surface area contributed by atoms with E-state index in [4.69, 9.17) is 18.3 Å². The maximum absolute atomic E-state index is 7.10. The van der Waals surface area contributed by atoms with Gasteiger partial charge in [0.1, 0.15) is 11.5 Å². The summed E-state index contributed by atoms with van der Waals surface area (Å²) in [5, 5.41) is 9.01. The monoisotopic (exact) mass is 984 g/mol. The van der Waals surface area contributed by atoms with Gasteiger partial charge >= 0.3 is 0 Å². The van der Waals surface area contributed by atoms with Gasteiger partial charge in [-0.25, -0.2) is 0 Å². The minimum Gasteiger partial charge on any atom is -0.493 e. The third-order valence-corrected chi connectivity index (χ3v) is 24.3. The van der Waals surface area contributed by atoms with Crippen LogP contribution in [0.15, 0.2) is 140 Å². The zero-order valence-corrected chi connectivity index (χ0v) is 46.9. The van der Waals surface area contributed by atoms with Crippen LogP contribution in [0.25, 0.3) is 0 Å². The number of unbranched alkanes of at least 4 members (excludes halogenated alkanes) is 16. The molecule has 5 nitrogen and oxygen atoms in total. The number of hydrogen-bond donors (Lipinski definition) is 1. The molecule has 0 saturated heterocycles. The van der Waals surface area contributed by atoms with Gasteiger partial charge in [0, 0.05) is 31.4 Å². The first-order valence-corrected chi connectivity index (χ1v) is 31.4. The van der Waals surface area contributed by atoms with Crippen molar-refractivity contribution in [2.24, 2.45) is 0 Å². The summed E-state index contributed by atoms with van der Waals surface area (Å²) in [5.74, 6) is 1.88. The summed E-state index contributed by atoms with van der Waals surface area (Å²) < 4.78 is 26.9. The molecule has 0 radical (unpaired) electrons. The molecule has 0 spiro atoms. The lowest BCUT2D eigenvalue weighted by atomic mass is 10.1. The second kappa shape index (κ2) is 30.8. The van der Waals surface area contributed by atoms with Crippen LogP contribution in [0, 0.1) is 0 Å². The quantitative estimate of drug-likeness (QED) is 0.0324. The molecule has 7 heteroatoms. The van der Waals surface area contributed by atoms with Crippen LogP contribution in [0.5, 0.6) is 11.5 Å². The normalized spacial score (nSPS) is 12.3. The fourth-order valence-corrected chi connectivity index (χ4v) is 19.6. The predicted molar refractivity (Wildman–Crippen MR) is 305 cm³/mol. The Labute approximate surface area is 429 Å². The average molecular weight is 985 g/mol. The Morgan fingerprint density at radius 3 is 1.01 bits per heavy atom. The van der Waals surface area contributed by atoms with Crippen molar-refractivity contribution in [1.29, 1.82) is 0 Å². The van der Waals surface area contributed by atoms with E-state index in [-0.39, 0.29) is 10.1 Å². The lowest BCUT2D eigenvalue weighted by molar-refractivity contribution is 0.285. The standard InChI is InChI=1S/C63H93NO4Si2/c1-8-64-54-55-47-48-56(65-49-35-19-15-11-9-13-17-21-37-51-67-69(62(2,3)4,57-39-27-23-28-40-57)58-41-29-24-30-42-58)53-61(55)66-50-36-20-16-12-10-14-18-22-38-52-68-70(63(5,6)7,59-43-31-25-32-44-59)60-45-33-26-34-46-60/h23-34,39-48,53,64H,8-22,35-38,49-52,54H2,1-7H3. The molecule has 0 aliphatic heterocycles. The molecule has 0 saturated carbocycles. The lowest BCUT2D eigenvalue weighted by Gasteiger charge is -2.43. The number of ether oxygens (including phenoxy) is 2. The Hall–Kier alpha value is -3.99. The number of hydrogen-bond acceptors (Lipinski definition) is 5. The maximum atomic E-state index is 7.10. The smallest absolute Gasteiger partial charge is 0.261 e. The molecule has 0 unspecified atom stereocenters. The highest BCUT2D eigenvalue weighted by Crippen LogP contribution is 2.38. The van der Waals surface area contributed by atoms with Crippen molar-refractivity contribution >= 4 is 37.4 Å². The van der Waals surface area contributed by atoms with Crippen LogP contribution in [0.4, 0.5) is 0 Å². The van der Waals surface area contributed by atoms with Crippen molar-refractivity contribution in [3.05, 3.63) is 145 Å². The van der Waals surface area contributed by atoms with Crippen molar-refractivity contribution in [2.75, 3.05) is 33.0 Å². The average Bonchev–Trinajstić information content (AvgIpc) is 3.36. The highest BCUT2D eigenvalue weighted by molar-refractivity contribution is 7.00. The first-order valence-electron chi connectivity index (χ1n) is 27.6. The van der Waals surface area contributed by atoms with E-state index in [1.54, 1.807) is 0 Å². The number of rotatable bonds is 35. The first kappa shape index (κ1) is 56.9. The Balaban J connectivity index is 0.898. The molecule has 5 aromatic carbocycles. The van der Waals surface area contributed by atoms with Crippen molar-refractivity contribution in [3.63, 3.8) is 0 Å². The molecule has 5 rings (SSSR count). The summed E-state index contributed by atoms with van der Waals surface area (Å²) in [6.07, 6.45) is 22.3. The van der Waals surface area contributed by atoms with Crippen LogP contribution in [0.1, 0.15) is 170 Å². The van der Waals surface area contributed by atoms with E-state index in [9.17, 15) is 0 Å². The summed E-state index contributed by atoms with van der Waals surface area (Å²) >= 11 is 0. The van der Waals surface area contributed by atoms with Crippen LogP contribution in [-0.2, 0) is 15.4 Å².